The van der Waals surface area contributed by atoms with Gasteiger partial charge in [0.15, 0.2) is 0 Å². The molecule has 1 fully saturated rings. The molecule has 1 aromatic heterocycles. The third kappa shape index (κ3) is 3.23. The molecule has 2 aromatic rings. The molecule has 3 rings (SSSR count). The highest BCUT2D eigenvalue weighted by atomic mass is 32.2. The molecule has 4 heteroatoms. The monoisotopic (exact) mass is 301 g/mol. The number of fused-ring (bicyclic) bond motifs is 1. The van der Waals surface area contributed by atoms with Gasteiger partial charge in [-0.15, -0.1) is 0 Å². The van der Waals surface area contributed by atoms with Crippen molar-refractivity contribution in [1.29, 1.82) is 0 Å². The maximum absolute atomic E-state index is 4.50. The van der Waals surface area contributed by atoms with Crippen LogP contribution >= 0.6 is 11.8 Å². The summed E-state index contributed by atoms with van der Waals surface area (Å²) in [4.78, 5) is 6.99. The van der Waals surface area contributed by atoms with Crippen LogP contribution in [0.1, 0.15) is 18.5 Å². The second-order valence-corrected chi connectivity index (χ2v) is 6.76. The van der Waals surface area contributed by atoms with Gasteiger partial charge in [0.1, 0.15) is 0 Å². The van der Waals surface area contributed by atoms with E-state index in [1.807, 2.05) is 12.3 Å². The Morgan fingerprint density at radius 2 is 2.33 bits per heavy atom. The van der Waals surface area contributed by atoms with Gasteiger partial charge in [-0.25, -0.2) is 0 Å². The fourth-order valence-corrected chi connectivity index (χ4v) is 4.30. The van der Waals surface area contributed by atoms with Gasteiger partial charge in [0.05, 0.1) is 5.52 Å². The SMILES string of the molecule is CCNC(c1ccc2cccnc2c1)C1CSCCN1C. The number of benzene rings is 1. The average molecular weight is 301 g/mol. The van der Waals surface area contributed by atoms with E-state index < -0.39 is 0 Å². The summed E-state index contributed by atoms with van der Waals surface area (Å²) in [6.07, 6.45) is 1.87. The van der Waals surface area contributed by atoms with Gasteiger partial charge in [0.25, 0.3) is 0 Å². The van der Waals surface area contributed by atoms with Crippen LogP contribution in [0.2, 0.25) is 0 Å². The molecule has 0 saturated carbocycles. The lowest BCUT2D eigenvalue weighted by molar-refractivity contribution is 0.217. The molecule has 1 aliphatic rings. The standard InChI is InChI=1S/C17H23N3S/c1-3-18-17(16-12-21-10-9-20(16)2)14-7-6-13-5-4-8-19-15(13)11-14/h4-8,11,16-18H,3,9-10,12H2,1-2H3. The van der Waals surface area contributed by atoms with Crippen molar-refractivity contribution in [2.24, 2.45) is 0 Å². The van der Waals surface area contributed by atoms with Crippen LogP contribution in [-0.2, 0) is 0 Å². The summed E-state index contributed by atoms with van der Waals surface area (Å²) < 4.78 is 0. The lowest BCUT2D eigenvalue weighted by Crippen LogP contribution is -2.47. The minimum atomic E-state index is 0.374. The van der Waals surface area contributed by atoms with E-state index in [2.05, 4.69) is 65.2 Å². The highest BCUT2D eigenvalue weighted by Gasteiger charge is 2.28. The average Bonchev–Trinajstić information content (AvgIpc) is 2.53. The first kappa shape index (κ1) is 14.8. The van der Waals surface area contributed by atoms with Gasteiger partial charge < -0.3 is 5.32 Å². The molecule has 0 aliphatic carbocycles. The van der Waals surface area contributed by atoms with E-state index in [4.69, 9.17) is 0 Å². The van der Waals surface area contributed by atoms with Crippen LogP contribution in [0.5, 0.6) is 0 Å². The molecule has 2 unspecified atom stereocenters. The van der Waals surface area contributed by atoms with E-state index in [9.17, 15) is 0 Å². The molecule has 2 atom stereocenters. The van der Waals surface area contributed by atoms with Crippen LogP contribution in [0.15, 0.2) is 36.5 Å². The molecular weight excluding hydrogens is 278 g/mol. The zero-order chi connectivity index (χ0) is 14.7. The zero-order valence-electron chi connectivity index (χ0n) is 12.7. The normalized spacial score (nSPS) is 21.5. The number of pyridine rings is 1. The minimum absolute atomic E-state index is 0.374. The van der Waals surface area contributed by atoms with Crippen LogP contribution < -0.4 is 5.32 Å². The predicted molar refractivity (Wildman–Crippen MR) is 91.9 cm³/mol. The third-order valence-electron chi connectivity index (χ3n) is 4.24. The predicted octanol–water partition coefficient (Wildman–Crippen LogP) is 2.93. The van der Waals surface area contributed by atoms with Crippen LogP contribution in [-0.4, -0.2) is 47.6 Å². The number of aromatic nitrogens is 1. The summed E-state index contributed by atoms with van der Waals surface area (Å²) in [5.41, 5.74) is 2.44. The molecule has 0 bridgehead atoms. The Labute approximate surface area is 131 Å². The highest BCUT2D eigenvalue weighted by molar-refractivity contribution is 7.99. The number of hydrogen-bond acceptors (Lipinski definition) is 4. The van der Waals surface area contributed by atoms with Crippen molar-refractivity contribution in [2.45, 2.75) is 19.0 Å². The van der Waals surface area contributed by atoms with Crippen molar-refractivity contribution in [1.82, 2.24) is 15.2 Å². The lowest BCUT2D eigenvalue weighted by Gasteiger charge is -2.38. The van der Waals surface area contributed by atoms with Gasteiger partial charge in [0.2, 0.25) is 0 Å². The molecule has 21 heavy (non-hydrogen) atoms. The zero-order valence-corrected chi connectivity index (χ0v) is 13.6. The Balaban J connectivity index is 1.94. The summed E-state index contributed by atoms with van der Waals surface area (Å²) in [6, 6.07) is 11.7. The van der Waals surface area contributed by atoms with Gasteiger partial charge in [0, 0.05) is 41.7 Å². The number of thioether (sulfide) groups is 1. The molecule has 1 aliphatic heterocycles. The second-order valence-electron chi connectivity index (χ2n) is 5.61. The number of rotatable bonds is 4. The minimum Gasteiger partial charge on any atom is -0.309 e. The summed E-state index contributed by atoms with van der Waals surface area (Å²) in [5.74, 6) is 2.43. The molecule has 2 heterocycles. The Morgan fingerprint density at radius 1 is 1.43 bits per heavy atom. The van der Waals surface area contributed by atoms with E-state index in [1.165, 1.54) is 29.0 Å². The number of hydrogen-bond donors (Lipinski definition) is 1. The van der Waals surface area contributed by atoms with E-state index in [0.29, 0.717) is 12.1 Å². The molecular formula is C17H23N3S. The fourth-order valence-electron chi connectivity index (χ4n) is 3.03. The number of nitrogens with zero attached hydrogens (tertiary/aromatic N) is 2. The maximum Gasteiger partial charge on any atom is 0.0705 e. The molecule has 3 nitrogen and oxygen atoms in total. The topological polar surface area (TPSA) is 28.2 Å². The van der Waals surface area contributed by atoms with Gasteiger partial charge in [-0.2, -0.15) is 11.8 Å². The summed E-state index contributed by atoms with van der Waals surface area (Å²) in [6.45, 7) is 4.34. The van der Waals surface area contributed by atoms with Crippen LogP contribution in [0.25, 0.3) is 10.9 Å². The summed E-state index contributed by atoms with van der Waals surface area (Å²) >= 11 is 2.06. The van der Waals surface area contributed by atoms with Crippen molar-refractivity contribution in [3.63, 3.8) is 0 Å². The highest BCUT2D eigenvalue weighted by Crippen LogP contribution is 2.28. The van der Waals surface area contributed by atoms with E-state index >= 15 is 0 Å². The molecule has 1 saturated heterocycles. The fraction of sp³-hybridized carbons (Fsp3) is 0.471. The molecule has 112 valence electrons. The molecule has 0 radical (unpaired) electrons. The van der Waals surface area contributed by atoms with E-state index in [-0.39, 0.29) is 0 Å². The Hall–Kier alpha value is -1.10. The van der Waals surface area contributed by atoms with Gasteiger partial charge >= 0.3 is 0 Å². The van der Waals surface area contributed by atoms with Crippen LogP contribution in [0, 0.1) is 0 Å². The second kappa shape index (κ2) is 6.77. The maximum atomic E-state index is 4.50. The van der Waals surface area contributed by atoms with Crippen LogP contribution in [0.4, 0.5) is 0 Å². The smallest absolute Gasteiger partial charge is 0.0705 e. The van der Waals surface area contributed by atoms with Crippen molar-refractivity contribution in [2.75, 3.05) is 31.6 Å². The molecule has 1 aromatic carbocycles. The molecule has 1 N–H and O–H groups in total. The quantitative estimate of drug-likeness (QED) is 0.940. The lowest BCUT2D eigenvalue weighted by atomic mass is 9.97. The third-order valence-corrected chi connectivity index (χ3v) is 5.29. The number of likely N-dealkylation sites (N-methyl/N-ethyl adjacent to an activating group) is 2. The Morgan fingerprint density at radius 3 is 3.14 bits per heavy atom. The summed E-state index contributed by atoms with van der Waals surface area (Å²) in [7, 11) is 2.24. The molecule has 0 amide bonds. The van der Waals surface area contributed by atoms with Crippen LogP contribution in [0.3, 0.4) is 0 Å². The first-order valence-electron chi connectivity index (χ1n) is 7.65. The Bertz CT molecular complexity index is 601. The Kier molecular flexibility index (Phi) is 4.78. The first-order chi connectivity index (χ1) is 10.3. The molecule has 0 spiro atoms. The van der Waals surface area contributed by atoms with Gasteiger partial charge in [-0.1, -0.05) is 25.1 Å². The van der Waals surface area contributed by atoms with Crippen molar-refractivity contribution < 1.29 is 0 Å². The summed E-state index contributed by atoms with van der Waals surface area (Å²) in [5, 5.41) is 4.89. The largest absolute Gasteiger partial charge is 0.309 e. The van der Waals surface area contributed by atoms with Crippen molar-refractivity contribution >= 4 is 22.7 Å². The van der Waals surface area contributed by atoms with Gasteiger partial charge in [-0.05, 0) is 31.3 Å². The first-order valence-corrected chi connectivity index (χ1v) is 8.81. The number of nitrogens with one attached hydrogen (secondary N) is 1. The van der Waals surface area contributed by atoms with E-state index in [1.54, 1.807) is 0 Å². The van der Waals surface area contributed by atoms with E-state index in [0.717, 1.165) is 12.1 Å². The van der Waals surface area contributed by atoms with Crippen molar-refractivity contribution in [3.8, 4) is 0 Å². The van der Waals surface area contributed by atoms with Gasteiger partial charge in [-0.3, -0.25) is 9.88 Å². The van der Waals surface area contributed by atoms with Crippen molar-refractivity contribution in [3.05, 3.63) is 42.1 Å².